The molecule has 5 rings (SSSR count). The van der Waals surface area contributed by atoms with E-state index in [0.29, 0.717) is 75.8 Å². The van der Waals surface area contributed by atoms with E-state index in [9.17, 15) is 18.8 Å². The lowest BCUT2D eigenvalue weighted by atomic mass is 10.1. The lowest BCUT2D eigenvalue weighted by Crippen LogP contribution is -2.46. The van der Waals surface area contributed by atoms with E-state index in [1.807, 2.05) is 4.90 Å². The largest absolute Gasteiger partial charge is 0.493 e. The highest BCUT2D eigenvalue weighted by Crippen LogP contribution is 2.34. The average molecular weight is 543 g/mol. The van der Waals surface area contributed by atoms with E-state index in [-0.39, 0.29) is 48.5 Å². The fourth-order valence-electron chi connectivity index (χ4n) is 4.54. The molecule has 0 aliphatic carbocycles. The van der Waals surface area contributed by atoms with Crippen LogP contribution in [-0.2, 0) is 20.9 Å². The van der Waals surface area contributed by atoms with Gasteiger partial charge in [0, 0.05) is 50.3 Å². The lowest BCUT2D eigenvalue weighted by Gasteiger charge is -2.30. The van der Waals surface area contributed by atoms with Crippen LogP contribution in [0.1, 0.15) is 35.2 Å². The molecule has 0 radical (unpaired) electrons. The molecule has 2 N–H and O–H groups in total. The molecule has 210 valence electrons. The average Bonchev–Trinajstić information content (AvgIpc) is 2.95. The minimum Gasteiger partial charge on any atom is -0.493 e. The molecule has 10 nitrogen and oxygen atoms in total. The van der Waals surface area contributed by atoms with Crippen molar-refractivity contribution in [3.05, 3.63) is 53.3 Å². The highest BCUT2D eigenvalue weighted by molar-refractivity contribution is 5.94. The molecular formula is C28H35FN4O6. The monoisotopic (exact) mass is 542 g/mol. The van der Waals surface area contributed by atoms with Gasteiger partial charge >= 0.3 is 0 Å². The Morgan fingerprint density at radius 1 is 1.03 bits per heavy atom. The summed E-state index contributed by atoms with van der Waals surface area (Å²) in [6.45, 7) is 3.87. The van der Waals surface area contributed by atoms with Gasteiger partial charge in [0.25, 0.3) is 5.91 Å². The molecule has 0 saturated carbocycles. The second-order valence-electron chi connectivity index (χ2n) is 9.44. The Morgan fingerprint density at radius 2 is 1.82 bits per heavy atom. The quantitative estimate of drug-likeness (QED) is 0.613. The predicted molar refractivity (Wildman–Crippen MR) is 141 cm³/mol. The van der Waals surface area contributed by atoms with Gasteiger partial charge in [-0.05, 0) is 49.7 Å². The van der Waals surface area contributed by atoms with E-state index >= 15 is 0 Å². The number of carbonyl (C=O) groups excluding carboxylic acids is 3. The zero-order valence-corrected chi connectivity index (χ0v) is 22.2. The van der Waals surface area contributed by atoms with Gasteiger partial charge in [-0.25, -0.2) is 4.39 Å². The number of fused-ring (bicyclic) bond motifs is 13. The summed E-state index contributed by atoms with van der Waals surface area (Å²) in [5.41, 5.74) is 0.591. The molecule has 0 spiro atoms. The Labute approximate surface area is 227 Å². The van der Waals surface area contributed by atoms with Crippen molar-refractivity contribution in [3.63, 3.8) is 0 Å². The van der Waals surface area contributed by atoms with Crippen molar-refractivity contribution in [1.29, 1.82) is 0 Å². The molecule has 39 heavy (non-hydrogen) atoms. The van der Waals surface area contributed by atoms with Gasteiger partial charge in [0.2, 0.25) is 11.8 Å². The second-order valence-corrected chi connectivity index (χ2v) is 9.44. The Hall–Kier alpha value is -3.70. The molecule has 3 heterocycles. The van der Waals surface area contributed by atoms with Crippen LogP contribution in [0.3, 0.4) is 0 Å². The Bertz CT molecular complexity index is 1170. The first-order chi connectivity index (χ1) is 18.9. The number of rotatable bonds is 3. The van der Waals surface area contributed by atoms with Crippen LogP contribution >= 0.6 is 0 Å². The number of methoxy groups -OCH3 is 1. The van der Waals surface area contributed by atoms with E-state index in [1.165, 1.54) is 19.2 Å². The standard InChI is InChI=1S/C28H35FN4O6/c1-37-25-17-20-8-9-24(25)39-23-6-2-5-22(29)21(23)18-31-26(34)7-3-11-32(12-4-10-30-28(20)36)19-27(35)33-13-15-38-16-14-33/h2,5-6,8-9,17H,3-4,7,10-16,18-19H2,1H3,(H,30,36)(H,31,34). The SMILES string of the molecule is COc1cc2ccc1Oc1cccc(F)c1CNC(=O)CCCN(CC(=O)N1CCOCC1)CCCNC2=O. The van der Waals surface area contributed by atoms with Crippen LogP contribution in [0.2, 0.25) is 0 Å². The highest BCUT2D eigenvalue weighted by Gasteiger charge is 2.21. The molecule has 1 fully saturated rings. The van der Waals surface area contributed by atoms with Gasteiger partial charge in [-0.2, -0.15) is 0 Å². The van der Waals surface area contributed by atoms with Gasteiger partial charge in [-0.3, -0.25) is 19.3 Å². The number of benzene rings is 2. The van der Waals surface area contributed by atoms with Crippen molar-refractivity contribution < 1.29 is 33.0 Å². The van der Waals surface area contributed by atoms with Crippen LogP contribution in [-0.4, -0.2) is 87.1 Å². The topological polar surface area (TPSA) is 109 Å². The number of amides is 3. The van der Waals surface area contributed by atoms with Crippen LogP contribution < -0.4 is 20.1 Å². The zero-order chi connectivity index (χ0) is 27.6. The fraction of sp³-hybridized carbons (Fsp3) is 0.464. The van der Waals surface area contributed by atoms with Gasteiger partial charge in [0.1, 0.15) is 11.6 Å². The summed E-state index contributed by atoms with van der Waals surface area (Å²) in [5, 5.41) is 5.68. The van der Waals surface area contributed by atoms with Gasteiger partial charge in [-0.15, -0.1) is 0 Å². The van der Waals surface area contributed by atoms with E-state index < -0.39 is 5.82 Å². The first kappa shape index (κ1) is 28.3. The molecule has 11 heteroatoms. The summed E-state index contributed by atoms with van der Waals surface area (Å²) in [5.74, 6) is -0.133. The molecule has 0 unspecified atom stereocenters. The minimum atomic E-state index is -0.513. The highest BCUT2D eigenvalue weighted by atomic mass is 19.1. The molecule has 3 amide bonds. The van der Waals surface area contributed by atoms with E-state index in [0.717, 1.165) is 0 Å². The number of ether oxygens (including phenoxy) is 3. The molecule has 3 aliphatic rings. The van der Waals surface area contributed by atoms with E-state index in [1.54, 1.807) is 29.2 Å². The maximum Gasteiger partial charge on any atom is 0.251 e. The summed E-state index contributed by atoms with van der Waals surface area (Å²) in [7, 11) is 1.46. The molecule has 3 aliphatic heterocycles. The summed E-state index contributed by atoms with van der Waals surface area (Å²) in [6, 6.07) is 9.19. The second kappa shape index (κ2) is 13.9. The first-order valence-electron chi connectivity index (χ1n) is 13.2. The van der Waals surface area contributed by atoms with Crippen LogP contribution in [0.25, 0.3) is 0 Å². The fourth-order valence-corrected chi connectivity index (χ4v) is 4.54. The van der Waals surface area contributed by atoms with E-state index in [2.05, 4.69) is 10.6 Å². The normalized spacial score (nSPS) is 18.1. The predicted octanol–water partition coefficient (Wildman–Crippen LogP) is 2.32. The molecule has 1 saturated heterocycles. The minimum absolute atomic E-state index is 0.0180. The van der Waals surface area contributed by atoms with Crippen LogP contribution in [0.4, 0.5) is 4.39 Å². The summed E-state index contributed by atoms with van der Waals surface area (Å²) < 4.78 is 31.4. The van der Waals surface area contributed by atoms with Crippen molar-refractivity contribution in [2.24, 2.45) is 0 Å². The molecule has 0 atom stereocenters. The smallest absolute Gasteiger partial charge is 0.251 e. The number of nitrogens with zero attached hydrogens (tertiary/aromatic N) is 2. The molecular weight excluding hydrogens is 507 g/mol. The van der Waals surface area contributed by atoms with Crippen LogP contribution in [0.5, 0.6) is 17.2 Å². The lowest BCUT2D eigenvalue weighted by molar-refractivity contribution is -0.136. The van der Waals surface area contributed by atoms with Crippen LogP contribution in [0, 0.1) is 5.82 Å². The molecule has 0 aromatic heterocycles. The van der Waals surface area contributed by atoms with Gasteiger partial charge in [0.15, 0.2) is 11.5 Å². The number of morpholine rings is 1. The molecule has 2 aromatic rings. The van der Waals surface area contributed by atoms with Crippen molar-refractivity contribution in [2.75, 3.05) is 59.6 Å². The van der Waals surface area contributed by atoms with Gasteiger partial charge < -0.3 is 29.7 Å². The Balaban J connectivity index is 1.51. The number of halogens is 1. The number of hydrogen-bond acceptors (Lipinski definition) is 7. The first-order valence-corrected chi connectivity index (χ1v) is 13.2. The zero-order valence-electron chi connectivity index (χ0n) is 22.2. The Morgan fingerprint density at radius 3 is 2.62 bits per heavy atom. The summed E-state index contributed by atoms with van der Waals surface area (Å²) in [6.07, 6.45) is 1.37. The van der Waals surface area contributed by atoms with Crippen LogP contribution in [0.15, 0.2) is 36.4 Å². The number of carbonyl (C=O) groups is 3. The van der Waals surface area contributed by atoms with Gasteiger partial charge in [-0.1, -0.05) is 6.07 Å². The summed E-state index contributed by atoms with van der Waals surface area (Å²) in [4.78, 5) is 42.0. The van der Waals surface area contributed by atoms with Crippen molar-refractivity contribution >= 4 is 17.7 Å². The van der Waals surface area contributed by atoms with Crippen molar-refractivity contribution in [3.8, 4) is 17.2 Å². The third-order valence-corrected chi connectivity index (χ3v) is 6.72. The third-order valence-electron chi connectivity index (χ3n) is 6.72. The Kier molecular flexibility index (Phi) is 10.1. The third kappa shape index (κ3) is 7.90. The molecule has 2 bridgehead atoms. The molecule has 2 aromatic carbocycles. The van der Waals surface area contributed by atoms with Gasteiger partial charge in [0.05, 0.1) is 26.9 Å². The number of hydrogen-bond donors (Lipinski definition) is 2. The van der Waals surface area contributed by atoms with E-state index in [4.69, 9.17) is 14.2 Å². The van der Waals surface area contributed by atoms with Crippen molar-refractivity contribution in [1.82, 2.24) is 20.4 Å². The van der Waals surface area contributed by atoms with Crippen molar-refractivity contribution in [2.45, 2.75) is 25.8 Å². The maximum atomic E-state index is 14.7. The number of nitrogens with one attached hydrogen (secondary N) is 2. The maximum absolute atomic E-state index is 14.7. The summed E-state index contributed by atoms with van der Waals surface area (Å²) >= 11 is 0.